The molecule has 4 nitrogen and oxygen atoms in total. The van der Waals surface area contributed by atoms with E-state index in [0.717, 1.165) is 28.6 Å². The van der Waals surface area contributed by atoms with Crippen molar-refractivity contribution >= 4 is 23.1 Å². The largest absolute Gasteiger partial charge is 0.394 e. The van der Waals surface area contributed by atoms with Gasteiger partial charge in [-0.2, -0.15) is 0 Å². The van der Waals surface area contributed by atoms with E-state index in [1.807, 2.05) is 18.2 Å². The first kappa shape index (κ1) is 15.4. The third-order valence-corrected chi connectivity index (χ3v) is 5.07. The molecule has 0 aliphatic heterocycles. The van der Waals surface area contributed by atoms with Gasteiger partial charge in [-0.25, -0.2) is 0 Å². The molecule has 0 bridgehead atoms. The summed E-state index contributed by atoms with van der Waals surface area (Å²) in [5, 5.41) is 21.2. The number of nitrogens with one attached hydrogen (secondary N) is 1. The van der Waals surface area contributed by atoms with E-state index in [1.165, 1.54) is 0 Å². The fourth-order valence-corrected chi connectivity index (χ4v) is 3.86. The molecule has 0 radical (unpaired) electrons. The second-order valence-corrected chi connectivity index (χ2v) is 6.61. The van der Waals surface area contributed by atoms with Crippen molar-refractivity contribution in [3.05, 3.63) is 41.4 Å². The summed E-state index contributed by atoms with van der Waals surface area (Å²) in [7, 11) is 0. The number of aromatic nitrogens is 2. The van der Waals surface area contributed by atoms with E-state index >= 15 is 0 Å². The Hall–Kier alpha value is -0.950. The minimum Gasteiger partial charge on any atom is -0.394 e. The summed E-state index contributed by atoms with van der Waals surface area (Å²) in [5.74, 6) is 0.887. The van der Waals surface area contributed by atoms with Crippen LogP contribution in [-0.4, -0.2) is 34.2 Å². The van der Waals surface area contributed by atoms with Gasteiger partial charge in [0.05, 0.1) is 12.1 Å². The van der Waals surface area contributed by atoms with Crippen LogP contribution < -0.4 is 5.32 Å². The number of hydrogen-bond donors (Lipinski definition) is 2. The molecule has 0 amide bonds. The summed E-state index contributed by atoms with van der Waals surface area (Å²) < 4.78 is 0.974. The number of hydrogen-bond acceptors (Lipinski definition) is 6. The lowest BCUT2D eigenvalue weighted by Crippen LogP contribution is -2.46. The second kappa shape index (κ2) is 7.73. The van der Waals surface area contributed by atoms with Crippen LogP contribution in [0.3, 0.4) is 0 Å². The summed E-state index contributed by atoms with van der Waals surface area (Å²) in [5.41, 5.74) is 2.49. The molecule has 0 aliphatic rings. The van der Waals surface area contributed by atoms with Gasteiger partial charge < -0.3 is 10.4 Å². The molecule has 108 valence electrons. The Morgan fingerprint density at radius 2 is 2.15 bits per heavy atom. The van der Waals surface area contributed by atoms with Crippen LogP contribution in [0.2, 0.25) is 0 Å². The van der Waals surface area contributed by atoms with E-state index < -0.39 is 0 Å². The predicted molar refractivity (Wildman–Crippen MR) is 84.1 cm³/mol. The van der Waals surface area contributed by atoms with E-state index in [0.29, 0.717) is 0 Å². The van der Waals surface area contributed by atoms with Crippen molar-refractivity contribution in [1.29, 1.82) is 0 Å². The van der Waals surface area contributed by atoms with Gasteiger partial charge >= 0.3 is 0 Å². The Morgan fingerprint density at radius 3 is 2.75 bits per heavy atom. The molecule has 1 heterocycles. The predicted octanol–water partition coefficient (Wildman–Crippen LogP) is 2.52. The van der Waals surface area contributed by atoms with E-state index in [-0.39, 0.29) is 12.1 Å². The number of likely N-dealkylation sites (N-methyl/N-ethyl adjacent to an activating group) is 1. The van der Waals surface area contributed by atoms with Crippen molar-refractivity contribution in [1.82, 2.24) is 15.5 Å². The number of rotatable bonds is 8. The third-order valence-electron chi connectivity index (χ3n) is 3.21. The monoisotopic (exact) mass is 309 g/mol. The Kier molecular flexibility index (Phi) is 5.97. The highest BCUT2D eigenvalue weighted by Gasteiger charge is 2.30. The van der Waals surface area contributed by atoms with Crippen LogP contribution in [0.1, 0.15) is 18.9 Å². The lowest BCUT2D eigenvalue weighted by Gasteiger charge is -2.33. The van der Waals surface area contributed by atoms with Gasteiger partial charge in [0.2, 0.25) is 0 Å². The zero-order chi connectivity index (χ0) is 14.3. The fraction of sp³-hybridized carbons (Fsp3) is 0.429. The van der Waals surface area contributed by atoms with Crippen LogP contribution in [0.4, 0.5) is 0 Å². The summed E-state index contributed by atoms with van der Waals surface area (Å²) >= 11 is 3.23. The quantitative estimate of drug-likeness (QED) is 0.734. The molecule has 0 saturated heterocycles. The molecule has 0 saturated carbocycles. The smallest absolute Gasteiger partial charge is 0.174 e. The Balaban J connectivity index is 2.06. The summed E-state index contributed by atoms with van der Waals surface area (Å²) in [6.45, 7) is 2.96. The lowest BCUT2D eigenvalue weighted by atomic mass is 9.88. The first-order chi connectivity index (χ1) is 9.80. The molecule has 1 aromatic carbocycles. The van der Waals surface area contributed by atoms with Gasteiger partial charge in [-0.3, -0.25) is 0 Å². The second-order valence-electron chi connectivity index (χ2n) is 4.44. The molecule has 2 aromatic rings. The van der Waals surface area contributed by atoms with Crippen LogP contribution in [0.5, 0.6) is 0 Å². The van der Waals surface area contributed by atoms with Crippen LogP contribution in [-0.2, 0) is 5.54 Å². The standard InChI is InChI=1S/C14H19N3OS2/c1-2-15-14(10-18,12-6-4-3-5-7-12)8-9-19-13-17-16-11-20-13/h3-7,11,15,18H,2,8-10H2,1H3. The van der Waals surface area contributed by atoms with Crippen LogP contribution in [0.25, 0.3) is 0 Å². The van der Waals surface area contributed by atoms with E-state index in [1.54, 1.807) is 28.6 Å². The summed E-state index contributed by atoms with van der Waals surface area (Å²) in [6, 6.07) is 10.1. The molecule has 0 fully saturated rings. The molecule has 2 rings (SSSR count). The number of aliphatic hydroxyl groups excluding tert-OH is 1. The number of aliphatic hydroxyl groups is 1. The highest BCUT2D eigenvalue weighted by Crippen LogP contribution is 2.29. The van der Waals surface area contributed by atoms with Crippen molar-refractivity contribution in [2.75, 3.05) is 18.9 Å². The molecule has 2 N–H and O–H groups in total. The molecule has 0 spiro atoms. The van der Waals surface area contributed by atoms with Crippen LogP contribution in [0.15, 0.2) is 40.2 Å². The van der Waals surface area contributed by atoms with Crippen molar-refractivity contribution < 1.29 is 5.11 Å². The highest BCUT2D eigenvalue weighted by molar-refractivity contribution is 8.00. The van der Waals surface area contributed by atoms with Gasteiger partial charge in [0.25, 0.3) is 0 Å². The first-order valence-electron chi connectivity index (χ1n) is 6.61. The molecule has 0 aliphatic carbocycles. The van der Waals surface area contributed by atoms with Gasteiger partial charge in [-0.15, -0.1) is 10.2 Å². The van der Waals surface area contributed by atoms with Crippen molar-refractivity contribution in [3.8, 4) is 0 Å². The fourth-order valence-electron chi connectivity index (χ4n) is 2.20. The topological polar surface area (TPSA) is 58.0 Å². The zero-order valence-corrected chi connectivity index (χ0v) is 13.1. The maximum atomic E-state index is 9.92. The maximum absolute atomic E-state index is 9.92. The van der Waals surface area contributed by atoms with Crippen molar-refractivity contribution in [3.63, 3.8) is 0 Å². The molecule has 6 heteroatoms. The van der Waals surface area contributed by atoms with Gasteiger partial charge in [0.15, 0.2) is 4.34 Å². The van der Waals surface area contributed by atoms with Gasteiger partial charge in [0, 0.05) is 5.75 Å². The number of nitrogens with zero attached hydrogens (tertiary/aromatic N) is 2. The average Bonchev–Trinajstić information content (AvgIpc) is 3.00. The average molecular weight is 309 g/mol. The van der Waals surface area contributed by atoms with Gasteiger partial charge in [-0.1, -0.05) is 60.4 Å². The number of thioether (sulfide) groups is 1. The van der Waals surface area contributed by atoms with Crippen LogP contribution >= 0.6 is 23.1 Å². The van der Waals surface area contributed by atoms with E-state index in [9.17, 15) is 5.11 Å². The normalized spacial score (nSPS) is 14.1. The molecule has 1 unspecified atom stereocenters. The van der Waals surface area contributed by atoms with Crippen LogP contribution in [0, 0.1) is 0 Å². The minimum absolute atomic E-state index is 0.0849. The lowest BCUT2D eigenvalue weighted by molar-refractivity contribution is 0.158. The van der Waals surface area contributed by atoms with Crippen molar-refractivity contribution in [2.45, 2.75) is 23.2 Å². The molecule has 1 aromatic heterocycles. The number of benzene rings is 1. The Bertz CT molecular complexity index is 492. The molecule has 20 heavy (non-hydrogen) atoms. The third kappa shape index (κ3) is 3.79. The first-order valence-corrected chi connectivity index (χ1v) is 8.47. The molecular weight excluding hydrogens is 290 g/mol. The minimum atomic E-state index is -0.381. The van der Waals surface area contributed by atoms with Gasteiger partial charge in [0.1, 0.15) is 5.51 Å². The summed E-state index contributed by atoms with van der Waals surface area (Å²) in [4.78, 5) is 0. The zero-order valence-electron chi connectivity index (χ0n) is 11.5. The molecule has 1 atom stereocenters. The van der Waals surface area contributed by atoms with E-state index in [2.05, 4.69) is 34.6 Å². The molecular formula is C14H19N3OS2. The Morgan fingerprint density at radius 1 is 1.35 bits per heavy atom. The summed E-state index contributed by atoms with van der Waals surface area (Å²) in [6.07, 6.45) is 0.839. The van der Waals surface area contributed by atoms with Crippen molar-refractivity contribution in [2.24, 2.45) is 0 Å². The van der Waals surface area contributed by atoms with E-state index in [4.69, 9.17) is 0 Å². The SMILES string of the molecule is CCNC(CO)(CCSc1nncs1)c1ccccc1. The highest BCUT2D eigenvalue weighted by atomic mass is 32.2. The van der Waals surface area contributed by atoms with Gasteiger partial charge in [-0.05, 0) is 18.5 Å². The maximum Gasteiger partial charge on any atom is 0.174 e. The Labute approximate surface area is 127 Å².